The van der Waals surface area contributed by atoms with Crippen molar-refractivity contribution in [2.75, 3.05) is 6.61 Å². The van der Waals surface area contributed by atoms with Gasteiger partial charge in [0, 0.05) is 6.61 Å². The molecule has 2 atom stereocenters. The molecule has 1 saturated heterocycles. The molecule has 1 N–H and O–H groups in total. The van der Waals surface area contributed by atoms with Gasteiger partial charge in [-0.25, -0.2) is 4.39 Å². The standard InChI is InChI=1S/C15H13ClFNO3/c16-10-4-3-9(8-11(10)17)14-12(5-7-21-14)18-15(19)13-2-1-6-20-13/h1-4,6,8,12,14H,5,7H2,(H,18,19)/t12-,14-/m0/s1. The summed E-state index contributed by atoms with van der Waals surface area (Å²) in [5.41, 5.74) is 0.652. The zero-order valence-electron chi connectivity index (χ0n) is 11.0. The average molecular weight is 310 g/mol. The van der Waals surface area contributed by atoms with Crippen LogP contribution in [0.4, 0.5) is 4.39 Å². The molecule has 3 rings (SSSR count). The summed E-state index contributed by atoms with van der Waals surface area (Å²) in [6.07, 6.45) is 1.70. The van der Waals surface area contributed by atoms with Crippen LogP contribution in [0.1, 0.15) is 28.6 Å². The number of amides is 1. The maximum atomic E-state index is 13.6. The highest BCUT2D eigenvalue weighted by atomic mass is 35.5. The zero-order chi connectivity index (χ0) is 14.8. The second-order valence-electron chi connectivity index (χ2n) is 4.81. The summed E-state index contributed by atoms with van der Waals surface area (Å²) in [5.74, 6) is -0.571. The summed E-state index contributed by atoms with van der Waals surface area (Å²) in [5, 5.41) is 2.91. The van der Waals surface area contributed by atoms with E-state index >= 15 is 0 Å². The first-order chi connectivity index (χ1) is 10.1. The van der Waals surface area contributed by atoms with Crippen LogP contribution in [-0.4, -0.2) is 18.6 Å². The minimum Gasteiger partial charge on any atom is -0.459 e. The van der Waals surface area contributed by atoms with Crippen molar-refractivity contribution < 1.29 is 18.3 Å². The van der Waals surface area contributed by atoms with Crippen LogP contribution in [0.3, 0.4) is 0 Å². The summed E-state index contributed by atoms with van der Waals surface area (Å²) in [7, 11) is 0. The van der Waals surface area contributed by atoms with Gasteiger partial charge in [0.15, 0.2) is 5.76 Å². The Morgan fingerprint density at radius 1 is 1.38 bits per heavy atom. The van der Waals surface area contributed by atoms with Crippen LogP contribution in [0.15, 0.2) is 41.0 Å². The van der Waals surface area contributed by atoms with E-state index in [4.69, 9.17) is 20.8 Å². The molecule has 2 heterocycles. The van der Waals surface area contributed by atoms with E-state index in [1.54, 1.807) is 18.2 Å². The van der Waals surface area contributed by atoms with Crippen LogP contribution in [0, 0.1) is 5.82 Å². The third kappa shape index (κ3) is 2.94. The average Bonchev–Trinajstić information content (AvgIpc) is 3.13. The third-order valence-corrected chi connectivity index (χ3v) is 3.73. The summed E-state index contributed by atoms with van der Waals surface area (Å²) in [6, 6.07) is 7.52. The van der Waals surface area contributed by atoms with E-state index in [2.05, 4.69) is 5.32 Å². The summed E-state index contributed by atoms with van der Waals surface area (Å²) < 4.78 is 24.2. The third-order valence-electron chi connectivity index (χ3n) is 3.43. The fourth-order valence-electron chi connectivity index (χ4n) is 2.40. The molecule has 0 unspecified atom stereocenters. The Bertz CT molecular complexity index is 644. The van der Waals surface area contributed by atoms with Crippen LogP contribution >= 0.6 is 11.6 Å². The predicted octanol–water partition coefficient (Wildman–Crippen LogP) is 3.33. The highest BCUT2D eigenvalue weighted by Crippen LogP contribution is 2.31. The first-order valence-electron chi connectivity index (χ1n) is 6.56. The van der Waals surface area contributed by atoms with Gasteiger partial charge in [0.25, 0.3) is 5.91 Å². The van der Waals surface area contributed by atoms with Gasteiger partial charge in [0.2, 0.25) is 0 Å². The molecule has 21 heavy (non-hydrogen) atoms. The minimum absolute atomic E-state index is 0.0629. The van der Waals surface area contributed by atoms with E-state index < -0.39 is 11.9 Å². The van der Waals surface area contributed by atoms with Gasteiger partial charge in [-0.1, -0.05) is 17.7 Å². The van der Waals surface area contributed by atoms with Crippen molar-refractivity contribution in [3.8, 4) is 0 Å². The van der Waals surface area contributed by atoms with Gasteiger partial charge in [0.05, 0.1) is 17.3 Å². The Morgan fingerprint density at radius 3 is 2.95 bits per heavy atom. The number of halogens is 2. The zero-order valence-corrected chi connectivity index (χ0v) is 11.8. The number of benzene rings is 1. The van der Waals surface area contributed by atoms with Crippen molar-refractivity contribution in [1.82, 2.24) is 5.32 Å². The van der Waals surface area contributed by atoms with Crippen LogP contribution in [0.2, 0.25) is 5.02 Å². The quantitative estimate of drug-likeness (QED) is 0.946. The molecule has 0 saturated carbocycles. The summed E-state index contributed by atoms with van der Waals surface area (Å²) >= 11 is 5.68. The highest BCUT2D eigenvalue weighted by molar-refractivity contribution is 6.30. The lowest BCUT2D eigenvalue weighted by molar-refractivity contribution is 0.0801. The lowest BCUT2D eigenvalue weighted by Gasteiger charge is -2.20. The number of hydrogen-bond donors (Lipinski definition) is 1. The largest absolute Gasteiger partial charge is 0.459 e. The molecule has 4 nitrogen and oxygen atoms in total. The van der Waals surface area contributed by atoms with E-state index in [0.29, 0.717) is 18.6 Å². The molecule has 0 aliphatic carbocycles. The Balaban J connectivity index is 1.76. The maximum Gasteiger partial charge on any atom is 0.287 e. The van der Waals surface area contributed by atoms with Gasteiger partial charge in [-0.2, -0.15) is 0 Å². The van der Waals surface area contributed by atoms with Gasteiger partial charge in [-0.3, -0.25) is 4.79 Å². The molecule has 1 aliphatic rings. The predicted molar refractivity (Wildman–Crippen MR) is 74.7 cm³/mol. The SMILES string of the molecule is O=C(N[C@H]1CCO[C@H]1c1ccc(Cl)c(F)c1)c1ccco1. The molecule has 1 aliphatic heterocycles. The van der Waals surface area contributed by atoms with Crippen molar-refractivity contribution in [2.24, 2.45) is 0 Å². The van der Waals surface area contributed by atoms with Crippen molar-refractivity contribution in [3.05, 3.63) is 58.8 Å². The molecule has 6 heteroatoms. The molecule has 0 radical (unpaired) electrons. The second kappa shape index (κ2) is 5.87. The van der Waals surface area contributed by atoms with Gasteiger partial charge < -0.3 is 14.5 Å². The molecular weight excluding hydrogens is 297 g/mol. The topological polar surface area (TPSA) is 51.5 Å². The fraction of sp³-hybridized carbons (Fsp3) is 0.267. The summed E-state index contributed by atoms with van der Waals surface area (Å²) in [4.78, 5) is 12.0. The van der Waals surface area contributed by atoms with Gasteiger partial charge >= 0.3 is 0 Å². The molecule has 0 spiro atoms. The lowest BCUT2D eigenvalue weighted by Crippen LogP contribution is -2.36. The van der Waals surface area contributed by atoms with Crippen molar-refractivity contribution in [3.63, 3.8) is 0 Å². The maximum absolute atomic E-state index is 13.6. The van der Waals surface area contributed by atoms with Gasteiger partial charge in [0.1, 0.15) is 11.9 Å². The van der Waals surface area contributed by atoms with E-state index in [1.165, 1.54) is 18.4 Å². The number of furan rings is 1. The van der Waals surface area contributed by atoms with E-state index in [0.717, 1.165) is 0 Å². The number of carbonyl (C=O) groups excluding carboxylic acids is 1. The van der Waals surface area contributed by atoms with Gasteiger partial charge in [-0.15, -0.1) is 0 Å². The smallest absolute Gasteiger partial charge is 0.287 e. The molecule has 1 aromatic heterocycles. The normalized spacial score (nSPS) is 21.4. The van der Waals surface area contributed by atoms with Crippen LogP contribution in [-0.2, 0) is 4.74 Å². The Morgan fingerprint density at radius 2 is 2.24 bits per heavy atom. The molecule has 2 aromatic rings. The molecule has 0 bridgehead atoms. The van der Waals surface area contributed by atoms with E-state index in [9.17, 15) is 9.18 Å². The summed E-state index contributed by atoms with van der Waals surface area (Å²) in [6.45, 7) is 0.498. The molecular formula is C15H13ClFNO3. The van der Waals surface area contributed by atoms with E-state index in [-0.39, 0.29) is 22.7 Å². The van der Waals surface area contributed by atoms with E-state index in [1.807, 2.05) is 0 Å². The first-order valence-corrected chi connectivity index (χ1v) is 6.94. The number of hydrogen-bond acceptors (Lipinski definition) is 3. The van der Waals surface area contributed by atoms with Crippen molar-refractivity contribution in [1.29, 1.82) is 0 Å². The number of carbonyl (C=O) groups is 1. The Kier molecular flexibility index (Phi) is 3.94. The molecule has 1 amide bonds. The number of nitrogens with one attached hydrogen (secondary N) is 1. The first kappa shape index (κ1) is 14.1. The molecule has 1 aromatic carbocycles. The minimum atomic E-state index is -0.499. The van der Waals surface area contributed by atoms with Crippen LogP contribution in [0.25, 0.3) is 0 Å². The van der Waals surface area contributed by atoms with Crippen LogP contribution in [0.5, 0.6) is 0 Å². The number of ether oxygens (including phenoxy) is 1. The second-order valence-corrected chi connectivity index (χ2v) is 5.22. The highest BCUT2D eigenvalue weighted by Gasteiger charge is 2.32. The van der Waals surface area contributed by atoms with Crippen molar-refractivity contribution in [2.45, 2.75) is 18.6 Å². The Hall–Kier alpha value is -1.85. The molecule has 1 fully saturated rings. The van der Waals surface area contributed by atoms with Crippen LogP contribution < -0.4 is 5.32 Å². The molecule has 110 valence electrons. The fourth-order valence-corrected chi connectivity index (χ4v) is 2.52. The monoisotopic (exact) mass is 309 g/mol. The number of rotatable bonds is 3. The van der Waals surface area contributed by atoms with Crippen molar-refractivity contribution >= 4 is 17.5 Å². The Labute approximate surface area is 125 Å². The lowest BCUT2D eigenvalue weighted by atomic mass is 10.0. The van der Waals surface area contributed by atoms with Gasteiger partial charge in [-0.05, 0) is 36.2 Å².